The van der Waals surface area contributed by atoms with Crippen LogP contribution in [0.5, 0.6) is 5.75 Å². The molecule has 17 heavy (non-hydrogen) atoms. The first-order valence-corrected chi connectivity index (χ1v) is 5.76. The lowest BCUT2D eigenvalue weighted by atomic mass is 9.74. The van der Waals surface area contributed by atoms with E-state index in [1.165, 1.54) is 7.11 Å². The van der Waals surface area contributed by atoms with Gasteiger partial charge in [0.1, 0.15) is 5.75 Å². The Morgan fingerprint density at radius 3 is 2.53 bits per heavy atom. The Morgan fingerprint density at radius 1 is 1.35 bits per heavy atom. The van der Waals surface area contributed by atoms with Crippen molar-refractivity contribution in [2.75, 3.05) is 7.11 Å². The van der Waals surface area contributed by atoms with Gasteiger partial charge < -0.3 is 9.47 Å². The Hall–Kier alpha value is -1.51. The van der Waals surface area contributed by atoms with E-state index in [9.17, 15) is 4.79 Å². The maximum atomic E-state index is 12.1. The number of methoxy groups -OCH3 is 1. The standard InChI is InChI=1S/C14H18O3/c1-13(2,3)14(12(15)16-4)9-10-7-5-6-8-11(10)17-14/h5-8H,9H2,1-4H3. The first kappa shape index (κ1) is 12.0. The van der Waals surface area contributed by atoms with Gasteiger partial charge in [-0.05, 0) is 11.6 Å². The second-order valence-electron chi connectivity index (χ2n) is 5.46. The summed E-state index contributed by atoms with van der Waals surface area (Å²) in [6, 6.07) is 7.75. The molecule has 0 N–H and O–H groups in total. The zero-order valence-corrected chi connectivity index (χ0v) is 10.7. The summed E-state index contributed by atoms with van der Waals surface area (Å²) in [5.74, 6) is 0.481. The highest BCUT2D eigenvalue weighted by Gasteiger charge is 2.55. The highest BCUT2D eigenvalue weighted by molar-refractivity contribution is 5.83. The van der Waals surface area contributed by atoms with E-state index >= 15 is 0 Å². The summed E-state index contributed by atoms with van der Waals surface area (Å²) in [6.45, 7) is 5.99. The maximum Gasteiger partial charge on any atom is 0.351 e. The molecule has 0 spiro atoms. The van der Waals surface area contributed by atoms with E-state index in [1.807, 2.05) is 45.0 Å². The minimum atomic E-state index is -0.911. The molecule has 3 heteroatoms. The van der Waals surface area contributed by atoms with Crippen molar-refractivity contribution in [3.8, 4) is 5.75 Å². The summed E-state index contributed by atoms with van der Waals surface area (Å²) < 4.78 is 10.9. The van der Waals surface area contributed by atoms with Crippen molar-refractivity contribution in [1.82, 2.24) is 0 Å². The van der Waals surface area contributed by atoms with Crippen LogP contribution >= 0.6 is 0 Å². The second-order valence-corrected chi connectivity index (χ2v) is 5.46. The van der Waals surface area contributed by atoms with Crippen LogP contribution in [0.4, 0.5) is 0 Å². The lowest BCUT2D eigenvalue weighted by molar-refractivity contribution is -0.167. The van der Waals surface area contributed by atoms with Gasteiger partial charge in [0.25, 0.3) is 0 Å². The Balaban J connectivity index is 2.46. The summed E-state index contributed by atoms with van der Waals surface area (Å²) in [7, 11) is 1.40. The van der Waals surface area contributed by atoms with Crippen molar-refractivity contribution < 1.29 is 14.3 Å². The van der Waals surface area contributed by atoms with E-state index in [4.69, 9.17) is 9.47 Å². The van der Waals surface area contributed by atoms with Crippen molar-refractivity contribution in [1.29, 1.82) is 0 Å². The fraction of sp³-hybridized carbons (Fsp3) is 0.500. The van der Waals surface area contributed by atoms with Gasteiger partial charge in [-0.15, -0.1) is 0 Å². The number of carbonyl (C=O) groups is 1. The average molecular weight is 234 g/mol. The molecular formula is C14H18O3. The number of fused-ring (bicyclic) bond motifs is 1. The Morgan fingerprint density at radius 2 is 2.00 bits per heavy atom. The number of carbonyl (C=O) groups excluding carboxylic acids is 1. The van der Waals surface area contributed by atoms with Crippen LogP contribution in [0.2, 0.25) is 0 Å². The van der Waals surface area contributed by atoms with E-state index in [-0.39, 0.29) is 11.4 Å². The summed E-state index contributed by atoms with van der Waals surface area (Å²) in [6.07, 6.45) is 0.569. The SMILES string of the molecule is COC(=O)C1(C(C)(C)C)Cc2ccccc2O1. The smallest absolute Gasteiger partial charge is 0.351 e. The number of para-hydroxylation sites is 1. The van der Waals surface area contributed by atoms with Crippen molar-refractivity contribution in [3.05, 3.63) is 29.8 Å². The fourth-order valence-corrected chi connectivity index (χ4v) is 2.24. The van der Waals surface area contributed by atoms with Gasteiger partial charge in [-0.1, -0.05) is 39.0 Å². The predicted molar refractivity (Wildman–Crippen MR) is 65.0 cm³/mol. The molecule has 92 valence electrons. The second kappa shape index (κ2) is 3.76. The number of hydrogen-bond acceptors (Lipinski definition) is 3. The minimum Gasteiger partial charge on any atom is -0.474 e. The van der Waals surface area contributed by atoms with E-state index in [1.54, 1.807) is 0 Å². The molecule has 0 aliphatic carbocycles. The average Bonchev–Trinajstić information content (AvgIpc) is 2.67. The maximum absolute atomic E-state index is 12.1. The van der Waals surface area contributed by atoms with E-state index < -0.39 is 5.60 Å². The van der Waals surface area contributed by atoms with Crippen LogP contribution in [0.25, 0.3) is 0 Å². The first-order valence-electron chi connectivity index (χ1n) is 5.76. The lowest BCUT2D eigenvalue weighted by Crippen LogP contribution is -2.54. The van der Waals surface area contributed by atoms with Crippen LogP contribution in [0.3, 0.4) is 0 Å². The third-order valence-corrected chi connectivity index (χ3v) is 3.42. The molecule has 1 aliphatic heterocycles. The van der Waals surface area contributed by atoms with Crippen LogP contribution in [-0.2, 0) is 16.0 Å². The van der Waals surface area contributed by atoms with Gasteiger partial charge >= 0.3 is 5.97 Å². The van der Waals surface area contributed by atoms with Crippen LogP contribution in [0, 0.1) is 5.41 Å². The molecule has 3 nitrogen and oxygen atoms in total. The van der Waals surface area contributed by atoms with Gasteiger partial charge in [0.15, 0.2) is 0 Å². The van der Waals surface area contributed by atoms with E-state index in [0.29, 0.717) is 6.42 Å². The molecule has 0 radical (unpaired) electrons. The fourth-order valence-electron chi connectivity index (χ4n) is 2.24. The van der Waals surface area contributed by atoms with Crippen molar-refractivity contribution in [2.24, 2.45) is 5.41 Å². The molecule has 1 aromatic rings. The molecule has 1 unspecified atom stereocenters. The molecule has 2 rings (SSSR count). The van der Waals surface area contributed by atoms with E-state index in [0.717, 1.165) is 11.3 Å². The highest BCUT2D eigenvalue weighted by atomic mass is 16.6. The molecule has 0 aromatic heterocycles. The molecule has 0 bridgehead atoms. The summed E-state index contributed by atoms with van der Waals surface area (Å²) in [5.41, 5.74) is -0.169. The molecule has 0 saturated heterocycles. The predicted octanol–water partition coefficient (Wildman–Crippen LogP) is 2.58. The van der Waals surface area contributed by atoms with Crippen LogP contribution in [0.1, 0.15) is 26.3 Å². The van der Waals surface area contributed by atoms with Gasteiger partial charge in [-0.3, -0.25) is 0 Å². The summed E-state index contributed by atoms with van der Waals surface area (Å²) >= 11 is 0. The Bertz CT molecular complexity index is 418. The molecule has 1 aromatic carbocycles. The number of ether oxygens (including phenoxy) is 2. The highest BCUT2D eigenvalue weighted by Crippen LogP contribution is 2.45. The number of rotatable bonds is 1. The number of esters is 1. The largest absolute Gasteiger partial charge is 0.474 e. The normalized spacial score (nSPS) is 22.8. The van der Waals surface area contributed by atoms with Crippen molar-refractivity contribution >= 4 is 5.97 Å². The molecule has 1 heterocycles. The third kappa shape index (κ3) is 1.70. The van der Waals surface area contributed by atoms with Crippen molar-refractivity contribution in [2.45, 2.75) is 32.8 Å². The van der Waals surface area contributed by atoms with Gasteiger partial charge in [-0.2, -0.15) is 0 Å². The molecule has 1 aliphatic rings. The summed E-state index contributed by atoms with van der Waals surface area (Å²) in [4.78, 5) is 12.1. The van der Waals surface area contributed by atoms with Crippen LogP contribution in [0.15, 0.2) is 24.3 Å². The molecule has 0 amide bonds. The van der Waals surface area contributed by atoms with E-state index in [2.05, 4.69) is 0 Å². The van der Waals surface area contributed by atoms with Crippen LogP contribution in [-0.4, -0.2) is 18.7 Å². The number of hydrogen-bond donors (Lipinski definition) is 0. The zero-order chi connectivity index (χ0) is 12.7. The van der Waals surface area contributed by atoms with Gasteiger partial charge in [0.2, 0.25) is 5.60 Å². The summed E-state index contributed by atoms with van der Waals surface area (Å²) in [5, 5.41) is 0. The third-order valence-electron chi connectivity index (χ3n) is 3.42. The quantitative estimate of drug-likeness (QED) is 0.701. The first-order chi connectivity index (χ1) is 7.90. The van der Waals surface area contributed by atoms with Crippen LogP contribution < -0.4 is 4.74 Å². The van der Waals surface area contributed by atoms with Gasteiger partial charge in [0, 0.05) is 11.8 Å². The topological polar surface area (TPSA) is 35.5 Å². The van der Waals surface area contributed by atoms with Crippen molar-refractivity contribution in [3.63, 3.8) is 0 Å². The zero-order valence-electron chi connectivity index (χ0n) is 10.7. The molecule has 0 fully saturated rings. The number of benzene rings is 1. The molecular weight excluding hydrogens is 216 g/mol. The van der Waals surface area contributed by atoms with Gasteiger partial charge in [-0.25, -0.2) is 4.79 Å². The molecule has 1 atom stereocenters. The lowest BCUT2D eigenvalue weighted by Gasteiger charge is -2.37. The van der Waals surface area contributed by atoms with Gasteiger partial charge in [0.05, 0.1) is 7.11 Å². The monoisotopic (exact) mass is 234 g/mol. The Kier molecular flexibility index (Phi) is 2.64. The minimum absolute atomic E-state index is 0.304. The Labute approximate surface area is 102 Å². The molecule has 0 saturated carbocycles.